The van der Waals surface area contributed by atoms with E-state index in [2.05, 4.69) is 10.1 Å². The van der Waals surface area contributed by atoms with Crippen LogP contribution in [0.1, 0.15) is 27.9 Å². The summed E-state index contributed by atoms with van der Waals surface area (Å²) in [6, 6.07) is 21.0. The molecule has 174 valence electrons. The molecule has 2 amide bonds. The summed E-state index contributed by atoms with van der Waals surface area (Å²) >= 11 is 0. The highest BCUT2D eigenvalue weighted by atomic mass is 16.6. The van der Waals surface area contributed by atoms with Gasteiger partial charge in [-0.05, 0) is 61.7 Å². The highest BCUT2D eigenvalue weighted by Gasteiger charge is 2.36. The first-order valence-electron chi connectivity index (χ1n) is 11.0. The molecule has 0 bridgehead atoms. The first-order chi connectivity index (χ1) is 16.5. The number of hydrogen-bond acceptors (Lipinski definition) is 5. The number of fused-ring (bicyclic) bond motifs is 1. The van der Waals surface area contributed by atoms with Crippen LogP contribution in [-0.4, -0.2) is 37.5 Å². The number of para-hydroxylation sites is 1. The number of aryl methyl sites for hydroxylation is 2. The molecule has 1 aliphatic rings. The Balaban J connectivity index is 1.63. The van der Waals surface area contributed by atoms with Crippen molar-refractivity contribution >= 4 is 29.2 Å². The lowest BCUT2D eigenvalue weighted by atomic mass is 9.94. The summed E-state index contributed by atoms with van der Waals surface area (Å²) in [4.78, 5) is 40.0. The molecular formula is C27H26N2O5. The van der Waals surface area contributed by atoms with E-state index in [-0.39, 0.29) is 18.4 Å². The second-order valence-electron chi connectivity index (χ2n) is 8.11. The molecule has 0 radical (unpaired) electrons. The monoisotopic (exact) mass is 458 g/mol. The number of methoxy groups -OCH3 is 1. The molecule has 0 spiro atoms. The lowest BCUT2D eigenvalue weighted by Crippen LogP contribution is -2.50. The van der Waals surface area contributed by atoms with Gasteiger partial charge < -0.3 is 14.8 Å². The van der Waals surface area contributed by atoms with Crippen LogP contribution in [0.25, 0.3) is 0 Å². The molecular weight excluding hydrogens is 432 g/mol. The van der Waals surface area contributed by atoms with Crippen LogP contribution in [0.15, 0.2) is 72.8 Å². The van der Waals surface area contributed by atoms with E-state index in [0.29, 0.717) is 35.5 Å². The maximum atomic E-state index is 13.7. The van der Waals surface area contributed by atoms with E-state index in [1.165, 1.54) is 7.11 Å². The molecule has 0 aromatic heterocycles. The first kappa shape index (κ1) is 23.0. The van der Waals surface area contributed by atoms with Gasteiger partial charge in [0.15, 0.2) is 6.61 Å². The van der Waals surface area contributed by atoms with Gasteiger partial charge in [-0.15, -0.1) is 0 Å². The number of carbonyl (C=O) groups is 3. The van der Waals surface area contributed by atoms with Gasteiger partial charge in [-0.25, -0.2) is 4.79 Å². The number of esters is 1. The van der Waals surface area contributed by atoms with Crippen LogP contribution in [0.5, 0.6) is 5.75 Å². The second kappa shape index (κ2) is 10.2. The van der Waals surface area contributed by atoms with E-state index in [1.54, 1.807) is 29.2 Å². The number of carbonyl (C=O) groups excluding carboxylic acids is 3. The Hall–Kier alpha value is -4.13. The van der Waals surface area contributed by atoms with Gasteiger partial charge in [0.2, 0.25) is 5.91 Å². The van der Waals surface area contributed by atoms with Gasteiger partial charge in [-0.2, -0.15) is 0 Å². The first-order valence-corrected chi connectivity index (χ1v) is 11.0. The fourth-order valence-electron chi connectivity index (χ4n) is 3.97. The van der Waals surface area contributed by atoms with Gasteiger partial charge in [0.25, 0.3) is 5.91 Å². The van der Waals surface area contributed by atoms with Crippen LogP contribution in [0.3, 0.4) is 0 Å². The number of benzene rings is 3. The number of anilines is 2. The lowest BCUT2D eigenvalue weighted by Gasteiger charge is -2.36. The molecule has 7 heteroatoms. The number of rotatable bonds is 6. The van der Waals surface area contributed by atoms with Gasteiger partial charge >= 0.3 is 5.97 Å². The van der Waals surface area contributed by atoms with Crippen LogP contribution in [0.4, 0.5) is 11.4 Å². The Morgan fingerprint density at radius 1 is 1.00 bits per heavy atom. The summed E-state index contributed by atoms with van der Waals surface area (Å²) in [5.74, 6) is -0.721. The van der Waals surface area contributed by atoms with Crippen molar-refractivity contribution < 1.29 is 23.9 Å². The van der Waals surface area contributed by atoms with E-state index in [4.69, 9.17) is 4.74 Å². The predicted octanol–water partition coefficient (Wildman–Crippen LogP) is 4.15. The molecule has 34 heavy (non-hydrogen) atoms. The Kier molecular flexibility index (Phi) is 6.92. The highest BCUT2D eigenvalue weighted by Crippen LogP contribution is 2.33. The second-order valence-corrected chi connectivity index (χ2v) is 8.11. The molecule has 3 aromatic carbocycles. The van der Waals surface area contributed by atoms with Crippen molar-refractivity contribution in [1.29, 1.82) is 0 Å². The molecule has 0 fully saturated rings. The SMILES string of the molecule is COC(=O)COc1cccc(C(=O)N2c3ccccc3CCC2C(=O)Nc2ccc(C)cc2)c1. The molecule has 0 saturated carbocycles. The van der Waals surface area contributed by atoms with Crippen LogP contribution >= 0.6 is 0 Å². The number of hydrogen-bond donors (Lipinski definition) is 1. The van der Waals surface area contributed by atoms with Crippen molar-refractivity contribution in [3.63, 3.8) is 0 Å². The quantitative estimate of drug-likeness (QED) is 0.561. The minimum atomic E-state index is -0.677. The van der Waals surface area contributed by atoms with Gasteiger partial charge in [-0.3, -0.25) is 14.5 Å². The number of ether oxygens (including phenoxy) is 2. The zero-order valence-corrected chi connectivity index (χ0v) is 19.1. The molecule has 3 aromatic rings. The smallest absolute Gasteiger partial charge is 0.343 e. The maximum absolute atomic E-state index is 13.7. The summed E-state index contributed by atoms with van der Waals surface area (Å²) in [6.07, 6.45) is 1.19. The third-order valence-corrected chi connectivity index (χ3v) is 5.76. The van der Waals surface area contributed by atoms with Crippen LogP contribution in [-0.2, 0) is 20.7 Å². The zero-order chi connectivity index (χ0) is 24.1. The van der Waals surface area contributed by atoms with E-state index in [0.717, 1.165) is 11.1 Å². The minimum Gasteiger partial charge on any atom is -0.482 e. The van der Waals surface area contributed by atoms with Crippen LogP contribution in [0, 0.1) is 6.92 Å². The Labute approximate surface area is 198 Å². The van der Waals surface area contributed by atoms with Crippen molar-refractivity contribution in [3.8, 4) is 5.75 Å². The largest absolute Gasteiger partial charge is 0.482 e. The number of amides is 2. The summed E-state index contributed by atoms with van der Waals surface area (Å²) < 4.78 is 10.0. The lowest BCUT2D eigenvalue weighted by molar-refractivity contribution is -0.142. The van der Waals surface area contributed by atoms with Crippen molar-refractivity contribution in [2.75, 3.05) is 23.9 Å². The molecule has 1 unspecified atom stereocenters. The maximum Gasteiger partial charge on any atom is 0.343 e. The Morgan fingerprint density at radius 2 is 1.76 bits per heavy atom. The molecule has 4 rings (SSSR count). The Bertz CT molecular complexity index is 1210. The Morgan fingerprint density at radius 3 is 2.53 bits per heavy atom. The van der Waals surface area contributed by atoms with Crippen molar-refractivity contribution in [3.05, 3.63) is 89.5 Å². The van der Waals surface area contributed by atoms with E-state index >= 15 is 0 Å². The molecule has 0 saturated heterocycles. The summed E-state index contributed by atoms with van der Waals surface area (Å²) in [5.41, 5.74) is 3.85. The van der Waals surface area contributed by atoms with Gasteiger partial charge in [0.1, 0.15) is 11.8 Å². The molecule has 0 aliphatic carbocycles. The summed E-state index contributed by atoms with van der Waals surface area (Å²) in [6.45, 7) is 1.72. The highest BCUT2D eigenvalue weighted by molar-refractivity contribution is 6.12. The number of nitrogens with zero attached hydrogens (tertiary/aromatic N) is 1. The van der Waals surface area contributed by atoms with Crippen molar-refractivity contribution in [1.82, 2.24) is 0 Å². The van der Waals surface area contributed by atoms with Crippen LogP contribution in [0.2, 0.25) is 0 Å². The molecule has 7 nitrogen and oxygen atoms in total. The van der Waals surface area contributed by atoms with Crippen LogP contribution < -0.4 is 15.0 Å². The number of nitrogens with one attached hydrogen (secondary N) is 1. The average Bonchev–Trinajstić information content (AvgIpc) is 2.87. The third kappa shape index (κ3) is 5.09. The topological polar surface area (TPSA) is 84.9 Å². The van der Waals surface area contributed by atoms with Gasteiger partial charge in [0, 0.05) is 16.9 Å². The normalized spacial score (nSPS) is 14.6. The molecule has 1 N–H and O–H groups in total. The van der Waals surface area contributed by atoms with E-state index in [9.17, 15) is 14.4 Å². The fraction of sp³-hybridized carbons (Fsp3) is 0.222. The minimum absolute atomic E-state index is 0.246. The molecule has 1 aliphatic heterocycles. The molecule has 1 heterocycles. The zero-order valence-electron chi connectivity index (χ0n) is 19.1. The van der Waals surface area contributed by atoms with E-state index in [1.807, 2.05) is 55.5 Å². The van der Waals surface area contributed by atoms with Gasteiger partial charge in [-0.1, -0.05) is 42.0 Å². The van der Waals surface area contributed by atoms with Crippen molar-refractivity contribution in [2.24, 2.45) is 0 Å². The standard InChI is InChI=1S/C27H26N2O5/c1-18-10-13-21(14-11-18)28-26(31)24-15-12-19-6-3-4-9-23(19)29(24)27(32)20-7-5-8-22(16-20)34-17-25(30)33-2/h3-11,13-14,16,24H,12,15,17H2,1-2H3,(H,28,31). The van der Waals surface area contributed by atoms with Crippen molar-refractivity contribution in [2.45, 2.75) is 25.8 Å². The molecule has 1 atom stereocenters. The van der Waals surface area contributed by atoms with Gasteiger partial charge in [0.05, 0.1) is 7.11 Å². The third-order valence-electron chi connectivity index (χ3n) is 5.76. The summed E-state index contributed by atoms with van der Waals surface area (Å²) in [5, 5.41) is 2.95. The summed E-state index contributed by atoms with van der Waals surface area (Å²) in [7, 11) is 1.28. The average molecular weight is 459 g/mol. The fourth-order valence-corrected chi connectivity index (χ4v) is 3.97. The van der Waals surface area contributed by atoms with E-state index < -0.39 is 12.0 Å². The predicted molar refractivity (Wildman–Crippen MR) is 129 cm³/mol.